The van der Waals surface area contributed by atoms with Crippen molar-refractivity contribution in [2.45, 2.75) is 57.2 Å². The van der Waals surface area contributed by atoms with E-state index >= 15 is 0 Å². The van der Waals surface area contributed by atoms with Crippen LogP contribution in [-0.2, 0) is 32.6 Å². The second-order valence-electron chi connectivity index (χ2n) is 10.8. The Morgan fingerprint density at radius 3 is 2.35 bits per heavy atom. The van der Waals surface area contributed by atoms with Crippen LogP contribution >= 0.6 is 23.2 Å². The highest BCUT2D eigenvalue weighted by Crippen LogP contribution is 2.27. The number of nitrogens with one attached hydrogen (secondary N) is 1. The van der Waals surface area contributed by atoms with Crippen molar-refractivity contribution in [1.29, 1.82) is 0 Å². The van der Waals surface area contributed by atoms with Crippen molar-refractivity contribution in [3.8, 4) is 5.75 Å². The number of hydrogen-bond acceptors (Lipinski definition) is 5. The van der Waals surface area contributed by atoms with Crippen molar-refractivity contribution in [3.63, 3.8) is 0 Å². The van der Waals surface area contributed by atoms with Gasteiger partial charge < -0.3 is 15.0 Å². The van der Waals surface area contributed by atoms with E-state index in [4.69, 9.17) is 27.9 Å². The molecule has 3 aromatic carbocycles. The monoisotopic (exact) mass is 645 g/mol. The Morgan fingerprint density at radius 2 is 1.70 bits per heavy atom. The quantitative estimate of drug-likeness (QED) is 0.266. The molecule has 0 spiro atoms. The van der Waals surface area contributed by atoms with E-state index in [0.29, 0.717) is 21.4 Å². The van der Waals surface area contributed by atoms with Gasteiger partial charge in [-0.15, -0.1) is 0 Å². The molecule has 0 saturated heterocycles. The number of sulfonamides is 1. The maximum atomic E-state index is 14.3. The van der Waals surface area contributed by atoms with E-state index in [0.717, 1.165) is 48.2 Å². The molecule has 1 aliphatic rings. The lowest BCUT2D eigenvalue weighted by Gasteiger charge is -2.35. The van der Waals surface area contributed by atoms with E-state index in [2.05, 4.69) is 5.32 Å². The molecule has 3 aromatic rings. The van der Waals surface area contributed by atoms with Gasteiger partial charge in [0.05, 0.1) is 19.1 Å². The van der Waals surface area contributed by atoms with Gasteiger partial charge in [0.15, 0.2) is 0 Å². The van der Waals surface area contributed by atoms with Crippen molar-refractivity contribution in [2.75, 3.05) is 24.2 Å². The van der Waals surface area contributed by atoms with E-state index in [9.17, 15) is 18.0 Å². The molecule has 11 heteroatoms. The van der Waals surface area contributed by atoms with Crippen LogP contribution in [0.3, 0.4) is 0 Å². The Balaban J connectivity index is 1.75. The summed E-state index contributed by atoms with van der Waals surface area (Å²) in [6.45, 7) is -0.556. The predicted octanol–water partition coefficient (Wildman–Crippen LogP) is 5.86. The highest BCUT2D eigenvalue weighted by molar-refractivity contribution is 7.92. The van der Waals surface area contributed by atoms with Crippen molar-refractivity contribution in [1.82, 2.24) is 10.2 Å². The summed E-state index contributed by atoms with van der Waals surface area (Å²) >= 11 is 12.7. The van der Waals surface area contributed by atoms with Crippen LogP contribution in [-0.4, -0.2) is 57.1 Å². The van der Waals surface area contributed by atoms with Crippen LogP contribution in [0.5, 0.6) is 5.75 Å². The summed E-state index contributed by atoms with van der Waals surface area (Å²) in [7, 11) is -2.42. The Hall–Kier alpha value is -3.27. The summed E-state index contributed by atoms with van der Waals surface area (Å²) in [5, 5.41) is 3.95. The van der Waals surface area contributed by atoms with Crippen LogP contribution < -0.4 is 14.4 Å². The number of ether oxygens (including phenoxy) is 1. The molecule has 0 aromatic heterocycles. The van der Waals surface area contributed by atoms with Gasteiger partial charge in [0, 0.05) is 35.1 Å². The summed E-state index contributed by atoms with van der Waals surface area (Å²) in [5.74, 6) is -0.405. The fraction of sp³-hybridized carbons (Fsp3) is 0.375. The summed E-state index contributed by atoms with van der Waals surface area (Å²) < 4.78 is 32.3. The van der Waals surface area contributed by atoms with E-state index in [1.54, 1.807) is 42.5 Å². The number of anilines is 1. The topological polar surface area (TPSA) is 96.0 Å². The minimum Gasteiger partial charge on any atom is -0.497 e. The smallest absolute Gasteiger partial charge is 0.244 e. The lowest BCUT2D eigenvalue weighted by Crippen LogP contribution is -2.55. The van der Waals surface area contributed by atoms with Gasteiger partial charge in [-0.05, 0) is 48.2 Å². The van der Waals surface area contributed by atoms with Gasteiger partial charge in [0.2, 0.25) is 21.8 Å². The fourth-order valence-electron chi connectivity index (χ4n) is 5.31. The van der Waals surface area contributed by atoms with E-state index < -0.39 is 28.5 Å². The van der Waals surface area contributed by atoms with Crippen LogP contribution in [0.2, 0.25) is 10.0 Å². The molecule has 230 valence electrons. The Bertz CT molecular complexity index is 1510. The molecule has 0 heterocycles. The first kappa shape index (κ1) is 32.6. The van der Waals surface area contributed by atoms with Crippen molar-refractivity contribution < 1.29 is 22.7 Å². The number of halogens is 2. The molecule has 1 fully saturated rings. The van der Waals surface area contributed by atoms with Crippen LogP contribution in [0.1, 0.15) is 43.2 Å². The van der Waals surface area contributed by atoms with Gasteiger partial charge in [0.1, 0.15) is 18.3 Å². The third-order valence-electron chi connectivity index (χ3n) is 7.60. The molecule has 0 bridgehead atoms. The van der Waals surface area contributed by atoms with E-state index in [-0.39, 0.29) is 30.6 Å². The number of rotatable bonds is 12. The SMILES string of the molecule is COc1cccc(N(CC(=O)N(Cc2ccc(Cl)cc2Cl)[C@H](Cc2ccccc2)C(=O)NC2CCCCC2)S(C)(=O)=O)c1. The van der Waals surface area contributed by atoms with Gasteiger partial charge in [-0.2, -0.15) is 0 Å². The largest absolute Gasteiger partial charge is 0.497 e. The zero-order valence-electron chi connectivity index (χ0n) is 24.3. The molecule has 1 saturated carbocycles. The van der Waals surface area contributed by atoms with E-state index in [1.807, 2.05) is 30.3 Å². The zero-order valence-corrected chi connectivity index (χ0v) is 26.7. The lowest BCUT2D eigenvalue weighted by atomic mass is 9.94. The van der Waals surface area contributed by atoms with Crippen molar-refractivity contribution in [2.24, 2.45) is 0 Å². The fourth-order valence-corrected chi connectivity index (χ4v) is 6.62. The molecule has 0 radical (unpaired) electrons. The van der Waals surface area contributed by atoms with Crippen LogP contribution in [0.25, 0.3) is 0 Å². The Morgan fingerprint density at radius 1 is 0.977 bits per heavy atom. The van der Waals surface area contributed by atoms with Gasteiger partial charge >= 0.3 is 0 Å². The van der Waals surface area contributed by atoms with Crippen LogP contribution in [0.15, 0.2) is 72.8 Å². The summed E-state index contributed by atoms with van der Waals surface area (Å²) in [4.78, 5) is 29.7. The molecule has 1 N–H and O–H groups in total. The molecule has 4 rings (SSSR count). The Kier molecular flexibility index (Phi) is 11.3. The van der Waals surface area contributed by atoms with Crippen molar-refractivity contribution in [3.05, 3.63) is 94.0 Å². The number of methoxy groups -OCH3 is 1. The number of amides is 2. The zero-order chi connectivity index (χ0) is 31.0. The van der Waals surface area contributed by atoms with Gasteiger partial charge in [-0.1, -0.05) is 84.9 Å². The normalized spacial score (nSPS) is 14.5. The molecule has 0 aliphatic heterocycles. The minimum absolute atomic E-state index is 0.0138. The standard InChI is InChI=1S/C32H37Cl2N3O5S/c1-42-28-15-9-14-27(20-28)37(43(2,40)41)22-31(38)36(21-24-16-17-25(33)19-29(24)34)30(18-23-10-5-3-6-11-23)32(39)35-26-12-7-4-8-13-26/h3,5-6,9-11,14-17,19-20,26,30H,4,7-8,12-13,18,21-22H2,1-2H3,(H,35,39)/t30-/m1/s1. The molecule has 1 atom stereocenters. The average Bonchev–Trinajstić information content (AvgIpc) is 2.99. The molecule has 2 amide bonds. The molecule has 1 aliphatic carbocycles. The molecular formula is C32H37Cl2N3O5S. The highest BCUT2D eigenvalue weighted by Gasteiger charge is 2.34. The summed E-state index contributed by atoms with van der Waals surface area (Å²) in [6, 6.07) is 19.9. The van der Waals surface area contributed by atoms with Crippen LogP contribution in [0, 0.1) is 0 Å². The highest BCUT2D eigenvalue weighted by atomic mass is 35.5. The first-order chi connectivity index (χ1) is 20.5. The second kappa shape index (κ2) is 14.9. The number of benzene rings is 3. The maximum absolute atomic E-state index is 14.3. The number of carbonyl (C=O) groups excluding carboxylic acids is 2. The third kappa shape index (κ3) is 9.11. The van der Waals surface area contributed by atoms with Gasteiger partial charge in [-0.3, -0.25) is 13.9 Å². The third-order valence-corrected chi connectivity index (χ3v) is 9.33. The maximum Gasteiger partial charge on any atom is 0.244 e. The summed E-state index contributed by atoms with van der Waals surface area (Å²) in [6.07, 6.45) is 6.20. The summed E-state index contributed by atoms with van der Waals surface area (Å²) in [5.41, 5.74) is 1.71. The number of nitrogens with zero attached hydrogens (tertiary/aromatic N) is 2. The van der Waals surface area contributed by atoms with Crippen molar-refractivity contribution >= 4 is 50.7 Å². The lowest BCUT2D eigenvalue weighted by molar-refractivity contribution is -0.140. The predicted molar refractivity (Wildman–Crippen MR) is 171 cm³/mol. The first-order valence-corrected chi connectivity index (χ1v) is 16.8. The first-order valence-electron chi connectivity index (χ1n) is 14.2. The molecule has 0 unspecified atom stereocenters. The van der Waals surface area contributed by atoms with Crippen LogP contribution in [0.4, 0.5) is 5.69 Å². The molecule has 43 heavy (non-hydrogen) atoms. The minimum atomic E-state index is -3.90. The van der Waals surface area contributed by atoms with Gasteiger partial charge in [-0.25, -0.2) is 8.42 Å². The second-order valence-corrected chi connectivity index (χ2v) is 13.5. The molecule has 8 nitrogen and oxygen atoms in total. The average molecular weight is 647 g/mol. The number of hydrogen-bond donors (Lipinski definition) is 1. The molecular weight excluding hydrogens is 609 g/mol. The van der Waals surface area contributed by atoms with E-state index in [1.165, 1.54) is 12.0 Å². The number of carbonyl (C=O) groups is 2. The Labute approximate surface area is 264 Å². The van der Waals surface area contributed by atoms with Gasteiger partial charge in [0.25, 0.3) is 0 Å².